The lowest BCUT2D eigenvalue weighted by molar-refractivity contribution is -0.151. The van der Waals surface area contributed by atoms with Crippen LogP contribution in [-0.4, -0.2) is 31.4 Å². The van der Waals surface area contributed by atoms with Gasteiger partial charge in [0.2, 0.25) is 0 Å². The highest BCUT2D eigenvalue weighted by Gasteiger charge is 2.47. The summed E-state index contributed by atoms with van der Waals surface area (Å²) in [7, 11) is 1.28. The maximum atomic E-state index is 13.8. The molecule has 7 heteroatoms. The molecule has 2 aromatic rings. The fourth-order valence-corrected chi connectivity index (χ4v) is 5.02. The van der Waals surface area contributed by atoms with Gasteiger partial charge in [-0.15, -0.1) is 0 Å². The molecule has 1 aliphatic heterocycles. The van der Waals surface area contributed by atoms with Gasteiger partial charge in [-0.05, 0) is 49.4 Å². The number of ether oxygens (including phenoxy) is 3. The summed E-state index contributed by atoms with van der Waals surface area (Å²) in [5, 5.41) is 3.26. The highest BCUT2D eigenvalue weighted by molar-refractivity contribution is 6.12. The minimum atomic E-state index is -0.933. The lowest BCUT2D eigenvalue weighted by Crippen LogP contribution is -2.43. The number of carbonyl (C=O) groups is 3. The summed E-state index contributed by atoms with van der Waals surface area (Å²) in [5.74, 6) is -2.67. The molecule has 0 saturated heterocycles. The quantitative estimate of drug-likeness (QED) is 0.454. The van der Waals surface area contributed by atoms with Crippen molar-refractivity contribution in [3.8, 4) is 5.75 Å². The van der Waals surface area contributed by atoms with Crippen LogP contribution in [0, 0.1) is 11.8 Å². The van der Waals surface area contributed by atoms with Crippen LogP contribution in [0.1, 0.15) is 44.2 Å². The highest BCUT2D eigenvalue weighted by atomic mass is 16.5. The van der Waals surface area contributed by atoms with E-state index in [2.05, 4.69) is 5.32 Å². The van der Waals surface area contributed by atoms with Crippen LogP contribution in [0.25, 0.3) is 0 Å². The third-order valence-corrected chi connectivity index (χ3v) is 6.68. The molecule has 0 unspecified atom stereocenters. The molecule has 3 atom stereocenters. The summed E-state index contributed by atoms with van der Waals surface area (Å²) in [6.07, 6.45) is 0.481. The van der Waals surface area contributed by atoms with Crippen molar-refractivity contribution in [2.75, 3.05) is 13.7 Å². The third kappa shape index (κ3) is 4.91. The van der Waals surface area contributed by atoms with E-state index >= 15 is 0 Å². The van der Waals surface area contributed by atoms with E-state index in [1.807, 2.05) is 61.5 Å². The van der Waals surface area contributed by atoms with Crippen LogP contribution in [0.4, 0.5) is 0 Å². The average molecular weight is 490 g/mol. The Morgan fingerprint density at radius 3 is 2.53 bits per heavy atom. The Morgan fingerprint density at radius 1 is 1.08 bits per heavy atom. The fourth-order valence-electron chi connectivity index (χ4n) is 5.02. The maximum absolute atomic E-state index is 13.8. The van der Waals surface area contributed by atoms with Crippen molar-refractivity contribution in [3.63, 3.8) is 0 Å². The van der Waals surface area contributed by atoms with Crippen molar-refractivity contribution >= 4 is 17.7 Å². The van der Waals surface area contributed by atoms with E-state index in [-0.39, 0.29) is 18.3 Å². The summed E-state index contributed by atoms with van der Waals surface area (Å²) >= 11 is 0. The number of esters is 2. The molecule has 0 aromatic heterocycles. The van der Waals surface area contributed by atoms with Crippen LogP contribution in [0.5, 0.6) is 5.75 Å². The van der Waals surface area contributed by atoms with E-state index < -0.39 is 23.8 Å². The first kappa shape index (κ1) is 25.2. The number of benzene rings is 2. The number of ketones is 1. The molecule has 7 nitrogen and oxygen atoms in total. The molecule has 1 N–H and O–H groups in total. The fraction of sp³-hybridized carbons (Fsp3) is 0.345. The largest absolute Gasteiger partial charge is 0.489 e. The molecule has 0 saturated carbocycles. The normalized spacial score (nSPS) is 21.4. The van der Waals surface area contributed by atoms with Gasteiger partial charge in [-0.25, -0.2) is 4.79 Å². The number of allylic oxidation sites excluding steroid dienone is 3. The van der Waals surface area contributed by atoms with Crippen LogP contribution < -0.4 is 10.1 Å². The molecule has 188 valence electrons. The molecule has 0 fully saturated rings. The van der Waals surface area contributed by atoms with Gasteiger partial charge in [0.05, 0.1) is 19.3 Å². The van der Waals surface area contributed by atoms with Crippen LogP contribution in [0.15, 0.2) is 77.1 Å². The van der Waals surface area contributed by atoms with Crippen molar-refractivity contribution in [2.24, 2.45) is 11.8 Å². The highest BCUT2D eigenvalue weighted by Crippen LogP contribution is 2.46. The molecule has 0 radical (unpaired) electrons. The van der Waals surface area contributed by atoms with Crippen molar-refractivity contribution in [2.45, 2.75) is 39.7 Å². The first-order valence-electron chi connectivity index (χ1n) is 12.1. The second kappa shape index (κ2) is 10.8. The van der Waals surface area contributed by atoms with Gasteiger partial charge in [0.15, 0.2) is 5.78 Å². The zero-order valence-electron chi connectivity index (χ0n) is 21.0. The summed E-state index contributed by atoms with van der Waals surface area (Å²) in [6, 6.07) is 17.2. The van der Waals surface area contributed by atoms with Crippen LogP contribution in [-0.2, 0) is 30.5 Å². The SMILES string of the molecule is CCOC(=O)C1=C(C)NC2=C(C(=O)[C@H](C(=O)OC)[C@H](C)C2)[C@@H]1c1cccc(OCc2ccccc2)c1. The summed E-state index contributed by atoms with van der Waals surface area (Å²) in [5.41, 5.74) is 3.83. The molecule has 1 heterocycles. The molecule has 2 aromatic carbocycles. The molecule has 0 bridgehead atoms. The van der Waals surface area contributed by atoms with E-state index in [1.54, 1.807) is 13.8 Å². The average Bonchev–Trinajstić information content (AvgIpc) is 2.87. The van der Waals surface area contributed by atoms with Crippen LogP contribution in [0.2, 0.25) is 0 Å². The summed E-state index contributed by atoms with van der Waals surface area (Å²) in [4.78, 5) is 39.5. The molecule has 1 aliphatic carbocycles. The van der Waals surface area contributed by atoms with Crippen LogP contribution in [0.3, 0.4) is 0 Å². The number of Topliss-reactive ketones (excluding diaryl/α,β-unsaturated/α-hetero) is 1. The van der Waals surface area contributed by atoms with Crippen LogP contribution >= 0.6 is 0 Å². The minimum absolute atomic E-state index is 0.199. The Hall–Kier alpha value is -3.87. The second-order valence-electron chi connectivity index (χ2n) is 9.10. The molecular formula is C29H31NO6. The van der Waals surface area contributed by atoms with Crippen molar-refractivity contribution in [1.82, 2.24) is 5.32 Å². The summed E-state index contributed by atoms with van der Waals surface area (Å²) in [6.45, 7) is 5.98. The van der Waals surface area contributed by atoms with Gasteiger partial charge in [0.25, 0.3) is 0 Å². The minimum Gasteiger partial charge on any atom is -0.489 e. The number of carbonyl (C=O) groups excluding carboxylic acids is 3. The maximum Gasteiger partial charge on any atom is 0.336 e. The van der Waals surface area contributed by atoms with Crippen molar-refractivity contribution in [3.05, 3.63) is 88.3 Å². The number of hydrogen-bond acceptors (Lipinski definition) is 7. The Labute approximate surface area is 211 Å². The monoisotopic (exact) mass is 489 g/mol. The predicted molar refractivity (Wildman–Crippen MR) is 134 cm³/mol. The van der Waals surface area contributed by atoms with E-state index in [4.69, 9.17) is 14.2 Å². The Bertz CT molecular complexity index is 1230. The van der Waals surface area contributed by atoms with E-state index in [9.17, 15) is 14.4 Å². The van der Waals surface area contributed by atoms with E-state index in [1.165, 1.54) is 7.11 Å². The standard InChI is InChI=1S/C29H31NO6/c1-5-35-29(33)24-18(3)30-22-14-17(2)23(28(32)34-4)27(31)26(22)25(24)20-12-9-13-21(15-20)36-16-19-10-7-6-8-11-19/h6-13,15,17,23,25,30H,5,14,16H2,1-4H3/t17-,23-,25-/m1/s1. The van der Waals surface area contributed by atoms with Gasteiger partial charge < -0.3 is 19.5 Å². The predicted octanol–water partition coefficient (Wildman–Crippen LogP) is 4.44. The lowest BCUT2D eigenvalue weighted by Gasteiger charge is -2.38. The van der Waals surface area contributed by atoms with E-state index in [0.29, 0.717) is 41.2 Å². The number of methoxy groups -OCH3 is 1. The van der Waals surface area contributed by atoms with Gasteiger partial charge in [0, 0.05) is 22.9 Å². The number of rotatable bonds is 7. The molecule has 36 heavy (non-hydrogen) atoms. The van der Waals surface area contributed by atoms with Gasteiger partial charge >= 0.3 is 11.9 Å². The summed E-state index contributed by atoms with van der Waals surface area (Å²) < 4.78 is 16.4. The molecule has 0 amide bonds. The van der Waals surface area contributed by atoms with Gasteiger partial charge in [-0.1, -0.05) is 49.4 Å². The lowest BCUT2D eigenvalue weighted by atomic mass is 9.69. The smallest absolute Gasteiger partial charge is 0.336 e. The van der Waals surface area contributed by atoms with Crippen molar-refractivity contribution in [1.29, 1.82) is 0 Å². The Balaban J connectivity index is 1.77. The van der Waals surface area contributed by atoms with Gasteiger partial charge in [-0.2, -0.15) is 0 Å². The first-order chi connectivity index (χ1) is 17.3. The van der Waals surface area contributed by atoms with Gasteiger partial charge in [0.1, 0.15) is 18.3 Å². The molecule has 2 aliphatic rings. The Kier molecular flexibility index (Phi) is 7.58. The molecular weight excluding hydrogens is 458 g/mol. The van der Waals surface area contributed by atoms with Gasteiger partial charge in [-0.3, -0.25) is 9.59 Å². The zero-order chi connectivity index (χ0) is 25.8. The topological polar surface area (TPSA) is 90.9 Å². The molecule has 4 rings (SSSR count). The zero-order valence-corrected chi connectivity index (χ0v) is 21.0. The van der Waals surface area contributed by atoms with E-state index in [0.717, 1.165) is 11.3 Å². The first-order valence-corrected chi connectivity index (χ1v) is 12.1. The third-order valence-electron chi connectivity index (χ3n) is 6.68. The second-order valence-corrected chi connectivity index (χ2v) is 9.10. The van der Waals surface area contributed by atoms with Crippen molar-refractivity contribution < 1.29 is 28.6 Å². The number of dihydropyridines is 1. The number of nitrogens with one attached hydrogen (secondary N) is 1. The number of hydrogen-bond donors (Lipinski definition) is 1. The molecule has 0 spiro atoms. The Morgan fingerprint density at radius 2 is 1.83 bits per heavy atom.